The molecule has 1 heterocycles. The maximum Gasteiger partial charge on any atom is 0.338 e. The number of benzene rings is 1. The van der Waals surface area contributed by atoms with Crippen molar-refractivity contribution in [3.63, 3.8) is 0 Å². The summed E-state index contributed by atoms with van der Waals surface area (Å²) in [6.45, 7) is 10.0. The van der Waals surface area contributed by atoms with Crippen molar-refractivity contribution in [3.05, 3.63) is 47.2 Å². The highest BCUT2D eigenvalue weighted by molar-refractivity contribution is 6.01. The Balaban J connectivity index is 1.78. The summed E-state index contributed by atoms with van der Waals surface area (Å²) in [5, 5.41) is 11.3. The molecule has 2 bridgehead atoms. The molecule has 0 radical (unpaired) electrons. The molecule has 4 aliphatic rings. The Bertz CT molecular complexity index is 1270. The summed E-state index contributed by atoms with van der Waals surface area (Å²) in [4.78, 5) is 53.2. The SMILES string of the molecule is CC(=O)OC1=C2C(C)C(O)CC([C@@H](OC(=O)c3ccccc3)[C@@H]3[C@]4(OC(C)=O)CO[C@@H]4CC[C@@]3(C)C1=O)C2(C)C. The van der Waals surface area contributed by atoms with Crippen LogP contribution in [-0.2, 0) is 33.3 Å². The van der Waals surface area contributed by atoms with Crippen LogP contribution in [0, 0.1) is 28.6 Å². The van der Waals surface area contributed by atoms with E-state index in [9.17, 15) is 24.3 Å². The van der Waals surface area contributed by atoms with E-state index in [1.54, 1.807) is 37.3 Å². The van der Waals surface area contributed by atoms with Gasteiger partial charge in [0.25, 0.3) is 0 Å². The summed E-state index contributed by atoms with van der Waals surface area (Å²) in [7, 11) is 0. The number of carbonyl (C=O) groups excluding carboxylic acids is 4. The predicted octanol–water partition coefficient (Wildman–Crippen LogP) is 3.77. The normalized spacial score (nSPS) is 38.0. The molecule has 9 heteroatoms. The van der Waals surface area contributed by atoms with Gasteiger partial charge in [0.2, 0.25) is 5.78 Å². The Morgan fingerprint density at radius 3 is 2.30 bits per heavy atom. The quantitative estimate of drug-likeness (QED) is 0.437. The highest BCUT2D eigenvalue weighted by Crippen LogP contribution is 2.63. The van der Waals surface area contributed by atoms with Gasteiger partial charge in [-0.1, -0.05) is 45.9 Å². The lowest BCUT2D eigenvalue weighted by Gasteiger charge is -2.64. The predicted molar refractivity (Wildman–Crippen MR) is 142 cm³/mol. The molecular weight excluding hydrogens is 516 g/mol. The van der Waals surface area contributed by atoms with Crippen LogP contribution in [0.3, 0.4) is 0 Å². The van der Waals surface area contributed by atoms with Crippen molar-refractivity contribution in [1.29, 1.82) is 0 Å². The molecule has 2 saturated carbocycles. The molecule has 5 rings (SSSR count). The van der Waals surface area contributed by atoms with E-state index in [1.807, 2.05) is 20.8 Å². The number of aliphatic hydroxyl groups excluding tert-OH is 1. The molecule has 9 nitrogen and oxygen atoms in total. The fourth-order valence-electron chi connectivity index (χ4n) is 7.99. The first-order valence-electron chi connectivity index (χ1n) is 14.0. The molecule has 1 saturated heterocycles. The van der Waals surface area contributed by atoms with E-state index in [1.165, 1.54) is 13.8 Å². The Labute approximate surface area is 234 Å². The summed E-state index contributed by atoms with van der Waals surface area (Å²) in [6, 6.07) is 8.58. The summed E-state index contributed by atoms with van der Waals surface area (Å²) in [6.07, 6.45) is -1.28. The third-order valence-electron chi connectivity index (χ3n) is 9.87. The molecule has 3 fully saturated rings. The monoisotopic (exact) mass is 554 g/mol. The van der Waals surface area contributed by atoms with Gasteiger partial charge in [-0.2, -0.15) is 0 Å². The number of hydrogen-bond donors (Lipinski definition) is 1. The molecule has 0 aromatic heterocycles. The number of hydrogen-bond acceptors (Lipinski definition) is 9. The van der Waals surface area contributed by atoms with Crippen molar-refractivity contribution in [3.8, 4) is 0 Å². The van der Waals surface area contributed by atoms with Crippen LogP contribution in [0.25, 0.3) is 0 Å². The lowest BCUT2D eigenvalue weighted by Crippen LogP contribution is -2.75. The molecule has 1 aliphatic heterocycles. The first kappa shape index (κ1) is 28.5. The molecule has 0 spiro atoms. The van der Waals surface area contributed by atoms with Gasteiger partial charge in [-0.25, -0.2) is 4.79 Å². The number of aliphatic hydroxyl groups is 1. The summed E-state index contributed by atoms with van der Waals surface area (Å²) in [5.74, 6) is -4.05. The number of rotatable bonds is 4. The van der Waals surface area contributed by atoms with E-state index >= 15 is 0 Å². The van der Waals surface area contributed by atoms with E-state index in [0.717, 1.165) is 0 Å². The number of allylic oxidation sites excluding steroid dienone is 1. The van der Waals surface area contributed by atoms with Crippen molar-refractivity contribution < 1.29 is 43.2 Å². The minimum atomic E-state index is -1.24. The maximum atomic E-state index is 14.7. The zero-order valence-corrected chi connectivity index (χ0v) is 23.9. The second-order valence-electron chi connectivity index (χ2n) is 12.6. The van der Waals surface area contributed by atoms with Crippen LogP contribution < -0.4 is 0 Å². The molecule has 1 aromatic rings. The topological polar surface area (TPSA) is 125 Å². The number of Topliss-reactive ketones (excluding diaryl/α,β-unsaturated/α-hetero) is 1. The summed E-state index contributed by atoms with van der Waals surface area (Å²) in [5.41, 5.74) is -2.43. The summed E-state index contributed by atoms with van der Waals surface area (Å²) >= 11 is 0. The van der Waals surface area contributed by atoms with E-state index in [4.69, 9.17) is 18.9 Å². The number of ketones is 1. The zero-order valence-electron chi connectivity index (χ0n) is 23.9. The van der Waals surface area contributed by atoms with Crippen LogP contribution >= 0.6 is 0 Å². The van der Waals surface area contributed by atoms with Crippen molar-refractivity contribution in [2.75, 3.05) is 6.61 Å². The first-order chi connectivity index (χ1) is 18.7. The van der Waals surface area contributed by atoms with Crippen LogP contribution in [0.4, 0.5) is 0 Å². The molecule has 1 aromatic carbocycles. The minimum Gasteiger partial charge on any atom is -0.458 e. The molecule has 1 N–H and O–H groups in total. The standard InChI is InChI=1S/C31H38O9/c1-16-21(34)14-20-24(39-28(36)19-10-8-7-9-11-19)26-30(6,13-12-22-31(26,15-37-22)40-18(3)33)27(35)25(38-17(2)32)23(16)29(20,4)5/h7-11,16,20-22,24,26,34H,12-15H2,1-6H3/t16?,20?,21?,22-,24-,26+,30-,31+/m1/s1. The molecule has 40 heavy (non-hydrogen) atoms. The average Bonchev–Trinajstić information content (AvgIpc) is 2.87. The molecular formula is C31H38O9. The number of esters is 3. The van der Waals surface area contributed by atoms with E-state index in [-0.39, 0.29) is 18.8 Å². The van der Waals surface area contributed by atoms with Crippen LogP contribution in [0.15, 0.2) is 41.7 Å². The lowest BCUT2D eigenvalue weighted by atomic mass is 9.47. The zero-order chi connectivity index (χ0) is 29.2. The van der Waals surface area contributed by atoms with Gasteiger partial charge in [0.15, 0.2) is 11.4 Å². The highest BCUT2D eigenvalue weighted by Gasteiger charge is 2.72. The van der Waals surface area contributed by atoms with Gasteiger partial charge in [-0.3, -0.25) is 14.4 Å². The molecule has 3 unspecified atom stereocenters. The van der Waals surface area contributed by atoms with Crippen LogP contribution in [-0.4, -0.2) is 59.3 Å². The van der Waals surface area contributed by atoms with Gasteiger partial charge in [-0.15, -0.1) is 0 Å². The Morgan fingerprint density at radius 1 is 1.05 bits per heavy atom. The third kappa shape index (κ3) is 4.20. The lowest BCUT2D eigenvalue weighted by molar-refractivity contribution is -0.320. The van der Waals surface area contributed by atoms with Crippen molar-refractivity contribution in [1.82, 2.24) is 0 Å². The molecule has 0 amide bonds. The average molecular weight is 555 g/mol. The second-order valence-corrected chi connectivity index (χ2v) is 12.6. The van der Waals surface area contributed by atoms with Gasteiger partial charge in [0.05, 0.1) is 24.2 Å². The van der Waals surface area contributed by atoms with Gasteiger partial charge < -0.3 is 24.1 Å². The van der Waals surface area contributed by atoms with Crippen LogP contribution in [0.1, 0.15) is 71.2 Å². The largest absolute Gasteiger partial charge is 0.458 e. The van der Waals surface area contributed by atoms with Crippen LogP contribution in [0.5, 0.6) is 0 Å². The first-order valence-corrected chi connectivity index (χ1v) is 14.0. The van der Waals surface area contributed by atoms with Crippen LogP contribution in [0.2, 0.25) is 0 Å². The summed E-state index contributed by atoms with van der Waals surface area (Å²) < 4.78 is 24.0. The van der Waals surface area contributed by atoms with E-state index in [0.29, 0.717) is 24.0 Å². The number of ether oxygens (including phenoxy) is 4. The van der Waals surface area contributed by atoms with E-state index < -0.39 is 76.2 Å². The van der Waals surface area contributed by atoms with Crippen molar-refractivity contribution >= 4 is 23.7 Å². The van der Waals surface area contributed by atoms with Crippen molar-refractivity contribution in [2.24, 2.45) is 28.6 Å². The fraction of sp³-hybridized carbons (Fsp3) is 0.613. The molecule has 3 aliphatic carbocycles. The number of carbonyl (C=O) groups is 4. The Kier molecular flexibility index (Phi) is 6.98. The maximum absolute atomic E-state index is 14.7. The van der Waals surface area contributed by atoms with Crippen molar-refractivity contribution in [2.45, 2.75) is 84.7 Å². The van der Waals surface area contributed by atoms with Gasteiger partial charge in [-0.05, 0) is 42.4 Å². The Hall–Kier alpha value is -3.04. The van der Waals surface area contributed by atoms with E-state index in [2.05, 4.69) is 0 Å². The number of fused-ring (bicyclic) bond motifs is 5. The second kappa shape index (κ2) is 9.80. The smallest absolute Gasteiger partial charge is 0.338 e. The minimum absolute atomic E-state index is 0.0374. The molecule has 216 valence electrons. The molecule has 8 atom stereocenters. The third-order valence-corrected chi connectivity index (χ3v) is 9.87. The fourth-order valence-corrected chi connectivity index (χ4v) is 7.99. The van der Waals surface area contributed by atoms with Gasteiger partial charge in [0, 0.05) is 31.1 Å². The Morgan fingerprint density at radius 2 is 1.73 bits per heavy atom. The van der Waals surface area contributed by atoms with Gasteiger partial charge in [0.1, 0.15) is 12.2 Å². The van der Waals surface area contributed by atoms with Gasteiger partial charge >= 0.3 is 17.9 Å². The highest BCUT2D eigenvalue weighted by atomic mass is 16.6.